The Morgan fingerprint density at radius 1 is 1.05 bits per heavy atom. The molecular weight excluding hydrogens is 500 g/mol. The number of methoxy groups -OCH3 is 1. The second-order valence-electron chi connectivity index (χ2n) is 10.1. The van der Waals surface area contributed by atoms with Crippen LogP contribution in [0, 0.1) is 0 Å². The number of rotatable bonds is 7. The summed E-state index contributed by atoms with van der Waals surface area (Å²) in [6, 6.07) is 26.7. The lowest BCUT2D eigenvalue weighted by Crippen LogP contribution is -2.20. The summed E-state index contributed by atoms with van der Waals surface area (Å²) < 4.78 is 13.3. The van der Waals surface area contributed by atoms with Crippen molar-refractivity contribution in [1.82, 2.24) is 14.5 Å². The minimum atomic E-state index is -0.397. The zero-order valence-electron chi connectivity index (χ0n) is 23.0. The lowest BCUT2D eigenvalue weighted by atomic mass is 9.92. The van der Waals surface area contributed by atoms with Crippen LogP contribution in [0.3, 0.4) is 0 Å². The van der Waals surface area contributed by atoms with Gasteiger partial charge in [0.2, 0.25) is 0 Å². The maximum absolute atomic E-state index is 12.2. The van der Waals surface area contributed by atoms with Crippen LogP contribution >= 0.6 is 0 Å². The molecule has 3 aromatic carbocycles. The molecule has 0 N–H and O–H groups in total. The summed E-state index contributed by atoms with van der Waals surface area (Å²) in [6.45, 7) is 3.53. The van der Waals surface area contributed by atoms with E-state index in [-0.39, 0.29) is 5.92 Å². The molecule has 5 aromatic rings. The van der Waals surface area contributed by atoms with E-state index in [1.54, 1.807) is 18.3 Å². The Labute approximate surface area is 234 Å². The first-order valence-corrected chi connectivity index (χ1v) is 13.6. The van der Waals surface area contributed by atoms with Crippen molar-refractivity contribution in [3.8, 4) is 17.3 Å². The number of carbonyl (C=O) groups is 1. The molecule has 3 heterocycles. The molecule has 1 unspecified atom stereocenters. The van der Waals surface area contributed by atoms with Crippen molar-refractivity contribution in [2.75, 3.05) is 25.7 Å². The van der Waals surface area contributed by atoms with E-state index in [1.165, 1.54) is 18.2 Å². The van der Waals surface area contributed by atoms with Crippen molar-refractivity contribution in [3.63, 3.8) is 0 Å². The van der Waals surface area contributed by atoms with Gasteiger partial charge in [-0.2, -0.15) is 0 Å². The maximum Gasteiger partial charge on any atom is 0.337 e. The van der Waals surface area contributed by atoms with E-state index in [2.05, 4.69) is 77.0 Å². The highest BCUT2D eigenvalue weighted by molar-refractivity contribution is 5.90. The zero-order valence-corrected chi connectivity index (χ0v) is 23.0. The second kappa shape index (κ2) is 10.8. The third-order valence-electron chi connectivity index (χ3n) is 7.75. The molecule has 1 aliphatic rings. The van der Waals surface area contributed by atoms with Gasteiger partial charge in [0, 0.05) is 43.1 Å². The number of ether oxygens (including phenoxy) is 2. The number of fused-ring (bicyclic) bond motifs is 2. The van der Waals surface area contributed by atoms with Gasteiger partial charge in [-0.3, -0.25) is 4.98 Å². The van der Waals surface area contributed by atoms with Gasteiger partial charge in [-0.05, 0) is 66.4 Å². The molecule has 2 aromatic heterocycles. The standard InChI is InChI=1S/C33H32N4O3/c1-4-22-9-11-25(12-10-22)36(2)26-13-14-27-24(16-18-40-31(27)20-26)21-37-30-8-6-5-7-28(30)35-32(37)29-19-23(15-17-34-29)33(38)39-3/h5-15,17,19-20,24H,4,16,18,21H2,1-3H3. The Morgan fingerprint density at radius 3 is 2.65 bits per heavy atom. The molecule has 7 heteroatoms. The van der Waals surface area contributed by atoms with Gasteiger partial charge in [0.15, 0.2) is 5.82 Å². The van der Waals surface area contributed by atoms with Crippen LogP contribution in [0.15, 0.2) is 85.1 Å². The first kappa shape index (κ1) is 25.6. The molecule has 0 fully saturated rings. The summed E-state index contributed by atoms with van der Waals surface area (Å²) in [6.07, 6.45) is 3.55. The number of hydrogen-bond acceptors (Lipinski definition) is 6. The minimum Gasteiger partial charge on any atom is -0.493 e. The van der Waals surface area contributed by atoms with Crippen molar-refractivity contribution in [2.24, 2.45) is 0 Å². The van der Waals surface area contributed by atoms with E-state index in [1.807, 2.05) is 18.2 Å². The monoisotopic (exact) mass is 532 g/mol. The minimum absolute atomic E-state index is 0.229. The number of imidazole rings is 1. The van der Waals surface area contributed by atoms with Crippen LogP contribution in [0.4, 0.5) is 11.4 Å². The normalized spacial score (nSPS) is 14.4. The van der Waals surface area contributed by atoms with E-state index < -0.39 is 5.97 Å². The number of carbonyl (C=O) groups excluding carboxylic acids is 1. The van der Waals surface area contributed by atoms with Crippen LogP contribution in [0.2, 0.25) is 0 Å². The molecule has 40 heavy (non-hydrogen) atoms. The smallest absolute Gasteiger partial charge is 0.337 e. The quantitative estimate of drug-likeness (QED) is 0.215. The Balaban J connectivity index is 1.34. The van der Waals surface area contributed by atoms with Crippen LogP contribution in [0.25, 0.3) is 22.6 Å². The van der Waals surface area contributed by atoms with Gasteiger partial charge in [-0.1, -0.05) is 37.3 Å². The van der Waals surface area contributed by atoms with E-state index in [4.69, 9.17) is 14.5 Å². The largest absolute Gasteiger partial charge is 0.493 e. The number of hydrogen-bond donors (Lipinski definition) is 0. The van der Waals surface area contributed by atoms with E-state index in [0.29, 0.717) is 24.4 Å². The van der Waals surface area contributed by atoms with Crippen molar-refractivity contribution < 1.29 is 14.3 Å². The zero-order chi connectivity index (χ0) is 27.6. The molecule has 0 saturated heterocycles. The Bertz CT molecular complexity index is 1680. The van der Waals surface area contributed by atoms with Crippen LogP contribution in [-0.2, 0) is 17.7 Å². The number of benzene rings is 3. The van der Waals surface area contributed by atoms with Crippen molar-refractivity contribution in [3.05, 3.63) is 102 Å². The van der Waals surface area contributed by atoms with Crippen molar-refractivity contribution in [2.45, 2.75) is 32.2 Å². The number of para-hydroxylation sites is 2. The predicted molar refractivity (Wildman–Crippen MR) is 157 cm³/mol. The molecule has 6 rings (SSSR count). The number of aromatic nitrogens is 3. The Hall–Kier alpha value is -4.65. The van der Waals surface area contributed by atoms with E-state index in [0.717, 1.165) is 46.8 Å². The molecule has 202 valence electrons. The molecule has 0 bridgehead atoms. The fourth-order valence-corrected chi connectivity index (χ4v) is 5.43. The first-order chi connectivity index (χ1) is 19.6. The van der Waals surface area contributed by atoms with Gasteiger partial charge in [0.05, 0.1) is 30.3 Å². The number of aryl methyl sites for hydroxylation is 1. The summed E-state index contributed by atoms with van der Waals surface area (Å²) in [4.78, 5) is 23.9. The van der Waals surface area contributed by atoms with Crippen LogP contribution in [0.1, 0.15) is 40.7 Å². The molecule has 0 aliphatic carbocycles. The average Bonchev–Trinajstić information content (AvgIpc) is 3.38. The van der Waals surface area contributed by atoms with Gasteiger partial charge in [0.1, 0.15) is 11.4 Å². The summed E-state index contributed by atoms with van der Waals surface area (Å²) in [5.41, 5.74) is 7.74. The lowest BCUT2D eigenvalue weighted by molar-refractivity contribution is 0.0600. The first-order valence-electron chi connectivity index (χ1n) is 13.6. The lowest BCUT2D eigenvalue weighted by Gasteiger charge is -2.29. The number of anilines is 2. The highest BCUT2D eigenvalue weighted by atomic mass is 16.5. The van der Waals surface area contributed by atoms with Gasteiger partial charge < -0.3 is 18.9 Å². The van der Waals surface area contributed by atoms with Gasteiger partial charge >= 0.3 is 5.97 Å². The fraction of sp³-hybridized carbons (Fsp3) is 0.242. The Kier molecular flexibility index (Phi) is 6.95. The molecule has 0 radical (unpaired) electrons. The molecule has 0 spiro atoms. The third kappa shape index (κ3) is 4.79. The van der Waals surface area contributed by atoms with Crippen LogP contribution in [0.5, 0.6) is 5.75 Å². The van der Waals surface area contributed by atoms with Crippen molar-refractivity contribution in [1.29, 1.82) is 0 Å². The fourth-order valence-electron chi connectivity index (χ4n) is 5.43. The van der Waals surface area contributed by atoms with Gasteiger partial charge in [-0.15, -0.1) is 0 Å². The molecule has 7 nitrogen and oxygen atoms in total. The molecular formula is C33H32N4O3. The summed E-state index contributed by atoms with van der Waals surface area (Å²) in [5.74, 6) is 1.48. The predicted octanol–water partition coefficient (Wildman–Crippen LogP) is 6.78. The summed E-state index contributed by atoms with van der Waals surface area (Å²) in [5, 5.41) is 0. The van der Waals surface area contributed by atoms with Crippen LogP contribution < -0.4 is 9.64 Å². The summed E-state index contributed by atoms with van der Waals surface area (Å²) >= 11 is 0. The number of esters is 1. The molecule has 0 saturated carbocycles. The Morgan fingerprint density at radius 2 is 1.85 bits per heavy atom. The van der Waals surface area contributed by atoms with Gasteiger partial charge in [0.25, 0.3) is 0 Å². The third-order valence-corrected chi connectivity index (χ3v) is 7.75. The summed E-state index contributed by atoms with van der Waals surface area (Å²) in [7, 11) is 3.47. The molecule has 1 aliphatic heterocycles. The SMILES string of the molecule is CCc1ccc(N(C)c2ccc3c(c2)OCCC3Cn2c(-c3cc(C(=O)OC)ccn3)nc3ccccc32)cc1. The highest BCUT2D eigenvalue weighted by Crippen LogP contribution is 2.39. The second-order valence-corrected chi connectivity index (χ2v) is 10.1. The van der Waals surface area contributed by atoms with Crippen molar-refractivity contribution >= 4 is 28.4 Å². The average molecular weight is 533 g/mol. The van der Waals surface area contributed by atoms with Crippen LogP contribution in [-0.4, -0.2) is 41.3 Å². The van der Waals surface area contributed by atoms with Gasteiger partial charge in [-0.25, -0.2) is 9.78 Å². The van der Waals surface area contributed by atoms with E-state index >= 15 is 0 Å². The molecule has 1 atom stereocenters. The highest BCUT2D eigenvalue weighted by Gasteiger charge is 2.26. The topological polar surface area (TPSA) is 69.5 Å². The molecule has 0 amide bonds. The van der Waals surface area contributed by atoms with E-state index in [9.17, 15) is 4.79 Å². The maximum atomic E-state index is 12.2. The number of pyridine rings is 1. The number of nitrogens with zero attached hydrogens (tertiary/aromatic N) is 4.